The van der Waals surface area contributed by atoms with E-state index in [0.717, 1.165) is 60.7 Å². The molecule has 0 radical (unpaired) electrons. The highest BCUT2D eigenvalue weighted by Gasteiger charge is 2.24. The predicted octanol–water partition coefficient (Wildman–Crippen LogP) is 3.15. The second kappa shape index (κ2) is 10.2. The number of guanidine groups is 1. The lowest BCUT2D eigenvalue weighted by molar-refractivity contribution is 0.376. The zero-order valence-electron chi connectivity index (χ0n) is 18.6. The quantitative estimate of drug-likeness (QED) is 0.506. The zero-order chi connectivity index (χ0) is 21.5. The summed E-state index contributed by atoms with van der Waals surface area (Å²) < 4.78 is 16.2. The van der Waals surface area contributed by atoms with Gasteiger partial charge >= 0.3 is 0 Å². The minimum Gasteiger partial charge on any atom is -0.497 e. The van der Waals surface area contributed by atoms with Crippen LogP contribution in [0.3, 0.4) is 0 Å². The third-order valence-corrected chi connectivity index (χ3v) is 5.14. The topological polar surface area (TPSA) is 84.2 Å². The maximum atomic E-state index is 5.41. The fourth-order valence-corrected chi connectivity index (χ4v) is 3.43. The number of hydrogen-bond acceptors (Lipinski definition) is 6. The van der Waals surface area contributed by atoms with Crippen molar-refractivity contribution >= 4 is 11.6 Å². The molecule has 2 N–H and O–H groups in total. The minimum atomic E-state index is 0.293. The van der Waals surface area contributed by atoms with Gasteiger partial charge in [0.15, 0.2) is 11.7 Å². The van der Waals surface area contributed by atoms with E-state index in [1.807, 2.05) is 24.3 Å². The van der Waals surface area contributed by atoms with Gasteiger partial charge in [0.25, 0.3) is 0 Å². The second-order valence-corrected chi connectivity index (χ2v) is 7.71. The van der Waals surface area contributed by atoms with Crippen LogP contribution in [0, 0.1) is 0 Å². The Hall–Kier alpha value is -2.90. The van der Waals surface area contributed by atoms with Gasteiger partial charge in [0.05, 0.1) is 19.9 Å². The first-order chi connectivity index (χ1) is 14.5. The molecule has 0 bridgehead atoms. The number of anilines is 1. The Labute approximate surface area is 178 Å². The number of benzene rings is 1. The predicted molar refractivity (Wildman–Crippen MR) is 119 cm³/mol. The fourth-order valence-electron chi connectivity index (χ4n) is 3.43. The molecule has 1 saturated heterocycles. The van der Waals surface area contributed by atoms with Crippen LogP contribution in [0.5, 0.6) is 11.5 Å². The monoisotopic (exact) mass is 415 g/mol. The van der Waals surface area contributed by atoms with Gasteiger partial charge in [0.1, 0.15) is 18.0 Å². The van der Waals surface area contributed by atoms with Crippen LogP contribution in [-0.2, 0) is 6.54 Å². The minimum absolute atomic E-state index is 0.293. The average molecular weight is 416 g/mol. The highest BCUT2D eigenvalue weighted by Crippen LogP contribution is 2.30. The van der Waals surface area contributed by atoms with Crippen LogP contribution >= 0.6 is 0 Å². The van der Waals surface area contributed by atoms with Crippen molar-refractivity contribution in [3.05, 3.63) is 35.7 Å². The van der Waals surface area contributed by atoms with Gasteiger partial charge in [-0.3, -0.25) is 0 Å². The summed E-state index contributed by atoms with van der Waals surface area (Å²) in [5.74, 6) is 3.49. The molecule has 2 heterocycles. The molecule has 1 aliphatic rings. The number of methoxy groups -OCH3 is 2. The number of aliphatic imine (C=N–C) groups is 1. The van der Waals surface area contributed by atoms with E-state index in [2.05, 4.69) is 46.5 Å². The van der Waals surface area contributed by atoms with E-state index >= 15 is 0 Å². The van der Waals surface area contributed by atoms with Gasteiger partial charge in [-0.25, -0.2) is 4.99 Å². The lowest BCUT2D eigenvalue weighted by Crippen LogP contribution is -2.44. The van der Waals surface area contributed by atoms with Crippen LogP contribution < -0.4 is 25.0 Å². The summed E-state index contributed by atoms with van der Waals surface area (Å²) in [6.45, 7) is 9.34. The molecule has 2 aromatic rings. The number of ether oxygens (including phenoxy) is 2. The van der Waals surface area contributed by atoms with Crippen molar-refractivity contribution in [3.63, 3.8) is 0 Å². The molecule has 3 rings (SSSR count). The van der Waals surface area contributed by atoms with E-state index in [9.17, 15) is 0 Å². The maximum absolute atomic E-state index is 5.41. The van der Waals surface area contributed by atoms with Crippen molar-refractivity contribution in [3.8, 4) is 11.5 Å². The van der Waals surface area contributed by atoms with E-state index in [0.29, 0.717) is 18.5 Å². The summed E-state index contributed by atoms with van der Waals surface area (Å²) in [5.41, 5.74) is 2.05. The third kappa shape index (κ3) is 5.58. The smallest absolute Gasteiger partial charge is 0.191 e. The molecule has 1 unspecified atom stereocenters. The number of aromatic nitrogens is 1. The molecule has 1 aromatic carbocycles. The largest absolute Gasteiger partial charge is 0.497 e. The highest BCUT2D eigenvalue weighted by molar-refractivity contribution is 5.80. The van der Waals surface area contributed by atoms with Gasteiger partial charge in [0, 0.05) is 55.6 Å². The van der Waals surface area contributed by atoms with Gasteiger partial charge < -0.3 is 29.5 Å². The fraction of sp³-hybridized carbons (Fsp3) is 0.545. The van der Waals surface area contributed by atoms with Crippen molar-refractivity contribution < 1.29 is 14.0 Å². The standard InChI is InChI=1S/C22H33N5O3/c1-6-23-22(24-13-20-12-21(15(2)3)26-30-20)25-16-7-8-27(14-16)17-9-18(28-4)11-19(10-17)29-5/h9-12,15-16H,6-8,13-14H2,1-5H3,(H2,23,24,25). The molecule has 1 fully saturated rings. The molecule has 8 nitrogen and oxygen atoms in total. The van der Waals surface area contributed by atoms with Gasteiger partial charge in [0.2, 0.25) is 0 Å². The molecule has 1 aliphatic heterocycles. The molecule has 0 saturated carbocycles. The second-order valence-electron chi connectivity index (χ2n) is 7.71. The van der Waals surface area contributed by atoms with Crippen molar-refractivity contribution in [2.45, 2.75) is 45.7 Å². The lowest BCUT2D eigenvalue weighted by atomic mass is 10.1. The van der Waals surface area contributed by atoms with Crippen molar-refractivity contribution in [2.24, 2.45) is 4.99 Å². The lowest BCUT2D eigenvalue weighted by Gasteiger charge is -2.21. The van der Waals surface area contributed by atoms with Crippen LogP contribution in [0.25, 0.3) is 0 Å². The van der Waals surface area contributed by atoms with Gasteiger partial charge in [-0.05, 0) is 19.3 Å². The Morgan fingerprint density at radius 2 is 1.97 bits per heavy atom. The summed E-state index contributed by atoms with van der Waals surface area (Å²) in [6.07, 6.45) is 1.02. The molecule has 0 spiro atoms. The summed E-state index contributed by atoms with van der Waals surface area (Å²) in [6, 6.07) is 8.24. The highest BCUT2D eigenvalue weighted by atomic mass is 16.5. The van der Waals surface area contributed by atoms with Crippen LogP contribution in [0.1, 0.15) is 44.6 Å². The van der Waals surface area contributed by atoms with Crippen LogP contribution in [0.2, 0.25) is 0 Å². The van der Waals surface area contributed by atoms with Crippen LogP contribution in [0.15, 0.2) is 33.8 Å². The summed E-state index contributed by atoms with van der Waals surface area (Å²) in [5, 5.41) is 11.0. The average Bonchev–Trinajstić information content (AvgIpc) is 3.41. The zero-order valence-corrected chi connectivity index (χ0v) is 18.6. The van der Waals surface area contributed by atoms with Crippen LogP contribution in [-0.4, -0.2) is 51.0 Å². The van der Waals surface area contributed by atoms with Crippen molar-refractivity contribution in [2.75, 3.05) is 38.8 Å². The molecule has 0 amide bonds. The van der Waals surface area contributed by atoms with Gasteiger partial charge in [-0.15, -0.1) is 0 Å². The first-order valence-electron chi connectivity index (χ1n) is 10.5. The molecular weight excluding hydrogens is 382 g/mol. The van der Waals surface area contributed by atoms with E-state index in [4.69, 9.17) is 14.0 Å². The van der Waals surface area contributed by atoms with E-state index in [1.165, 1.54) is 0 Å². The molecule has 30 heavy (non-hydrogen) atoms. The summed E-state index contributed by atoms with van der Waals surface area (Å²) in [4.78, 5) is 7.01. The maximum Gasteiger partial charge on any atom is 0.191 e. The number of nitrogens with zero attached hydrogens (tertiary/aromatic N) is 3. The number of hydrogen-bond donors (Lipinski definition) is 2. The van der Waals surface area contributed by atoms with Crippen LogP contribution in [0.4, 0.5) is 5.69 Å². The summed E-state index contributed by atoms with van der Waals surface area (Å²) >= 11 is 0. The van der Waals surface area contributed by atoms with Crippen molar-refractivity contribution in [1.82, 2.24) is 15.8 Å². The molecule has 164 valence electrons. The first kappa shape index (κ1) is 21.8. The Morgan fingerprint density at radius 1 is 1.23 bits per heavy atom. The number of nitrogens with one attached hydrogen (secondary N) is 2. The van der Waals surface area contributed by atoms with E-state index < -0.39 is 0 Å². The Balaban J connectivity index is 1.62. The molecule has 0 aliphatic carbocycles. The van der Waals surface area contributed by atoms with Gasteiger partial charge in [-0.2, -0.15) is 0 Å². The molecular formula is C22H33N5O3. The molecule has 8 heteroatoms. The summed E-state index contributed by atoms with van der Waals surface area (Å²) in [7, 11) is 3.34. The Bertz CT molecular complexity index is 827. The van der Waals surface area contributed by atoms with E-state index in [1.54, 1.807) is 14.2 Å². The molecule has 1 atom stereocenters. The Kier molecular flexibility index (Phi) is 7.43. The SMILES string of the molecule is CCNC(=NCc1cc(C(C)C)no1)NC1CCN(c2cc(OC)cc(OC)c2)C1. The molecule has 1 aromatic heterocycles. The normalized spacial score (nSPS) is 16.8. The van der Waals surface area contributed by atoms with Crippen molar-refractivity contribution in [1.29, 1.82) is 0 Å². The Morgan fingerprint density at radius 3 is 2.57 bits per heavy atom. The van der Waals surface area contributed by atoms with E-state index in [-0.39, 0.29) is 0 Å². The number of rotatable bonds is 8. The van der Waals surface area contributed by atoms with Gasteiger partial charge in [-0.1, -0.05) is 19.0 Å². The third-order valence-electron chi connectivity index (χ3n) is 5.14. The first-order valence-corrected chi connectivity index (χ1v) is 10.5.